The molecule has 2 aliphatic heterocycles. The summed E-state index contributed by atoms with van der Waals surface area (Å²) in [5.41, 5.74) is -0.674. The molecule has 2 heterocycles. The van der Waals surface area contributed by atoms with Crippen molar-refractivity contribution < 1.29 is 27.4 Å². The Bertz CT molecular complexity index is 657. The van der Waals surface area contributed by atoms with Crippen LogP contribution in [-0.4, -0.2) is 51.1 Å². The maximum atomic E-state index is 13.5. The van der Waals surface area contributed by atoms with Gasteiger partial charge in [0, 0.05) is 25.4 Å². The molecule has 0 spiro atoms. The highest BCUT2D eigenvalue weighted by molar-refractivity contribution is 5.90. The fourth-order valence-electron chi connectivity index (χ4n) is 3.35. The lowest BCUT2D eigenvalue weighted by Gasteiger charge is -2.30. The number of alkyl halides is 3. The van der Waals surface area contributed by atoms with E-state index in [1.54, 1.807) is 13.0 Å². The summed E-state index contributed by atoms with van der Waals surface area (Å²) in [5.74, 6) is 0. The average Bonchev–Trinajstić information content (AvgIpc) is 3.16. The van der Waals surface area contributed by atoms with Crippen LogP contribution in [-0.2, 0) is 15.7 Å². The first-order chi connectivity index (χ1) is 12.8. The Morgan fingerprint density at radius 1 is 1.26 bits per heavy atom. The number of ether oxygens (including phenoxy) is 2. The molecule has 0 saturated carbocycles. The number of hydrogen-bond acceptors (Lipinski definition) is 4. The number of carbonyl (C=O) groups is 1. The lowest BCUT2D eigenvalue weighted by Crippen LogP contribution is -2.43. The predicted molar refractivity (Wildman–Crippen MR) is 95.1 cm³/mol. The van der Waals surface area contributed by atoms with Gasteiger partial charge in [-0.2, -0.15) is 13.2 Å². The third-order valence-electron chi connectivity index (χ3n) is 4.81. The number of amides is 2. The normalized spacial score (nSPS) is 21.8. The fraction of sp³-hybridized carbons (Fsp3) is 0.611. The van der Waals surface area contributed by atoms with Gasteiger partial charge in [0.05, 0.1) is 36.6 Å². The first-order valence-corrected chi connectivity index (χ1v) is 9.07. The van der Waals surface area contributed by atoms with Crippen LogP contribution in [0.15, 0.2) is 18.2 Å². The highest BCUT2D eigenvalue weighted by Crippen LogP contribution is 2.37. The van der Waals surface area contributed by atoms with Crippen LogP contribution in [0.4, 0.5) is 29.3 Å². The number of hydrogen-bond donors (Lipinski definition) is 2. The highest BCUT2D eigenvalue weighted by atomic mass is 19.4. The van der Waals surface area contributed by atoms with Gasteiger partial charge < -0.3 is 25.0 Å². The fourth-order valence-corrected chi connectivity index (χ4v) is 3.35. The summed E-state index contributed by atoms with van der Waals surface area (Å²) in [6, 6.07) is 2.99. The quantitative estimate of drug-likeness (QED) is 0.833. The van der Waals surface area contributed by atoms with Crippen LogP contribution in [0.25, 0.3) is 0 Å². The van der Waals surface area contributed by atoms with Gasteiger partial charge in [0.2, 0.25) is 0 Å². The molecule has 9 heteroatoms. The summed E-state index contributed by atoms with van der Waals surface area (Å²) in [6.07, 6.45) is -2.95. The van der Waals surface area contributed by atoms with E-state index in [0.717, 1.165) is 18.9 Å². The minimum atomic E-state index is -4.58. The number of carbonyl (C=O) groups excluding carboxylic acids is 1. The van der Waals surface area contributed by atoms with Gasteiger partial charge >= 0.3 is 12.2 Å². The Morgan fingerprint density at radius 2 is 2.00 bits per heavy atom. The number of halogens is 3. The summed E-state index contributed by atoms with van der Waals surface area (Å²) in [5, 5.41) is 4.99. The molecule has 1 aromatic carbocycles. The topological polar surface area (TPSA) is 62.8 Å². The summed E-state index contributed by atoms with van der Waals surface area (Å²) in [6.45, 7) is 4.43. The van der Waals surface area contributed by atoms with E-state index in [2.05, 4.69) is 10.6 Å². The molecule has 0 aliphatic carbocycles. The Kier molecular flexibility index (Phi) is 6.11. The molecule has 2 saturated heterocycles. The van der Waals surface area contributed by atoms with Crippen molar-refractivity contribution >= 4 is 17.4 Å². The number of urea groups is 1. The SMILES string of the molecule is C[C@H](NC(=O)Nc1ccc(N2CCOCC2)cc1C(F)(F)F)[C@H]1CCCO1. The molecule has 0 radical (unpaired) electrons. The van der Waals surface area contributed by atoms with E-state index in [4.69, 9.17) is 9.47 Å². The van der Waals surface area contributed by atoms with Gasteiger partial charge in [0.15, 0.2) is 0 Å². The molecule has 6 nitrogen and oxygen atoms in total. The second-order valence-electron chi connectivity index (χ2n) is 6.77. The lowest BCUT2D eigenvalue weighted by atomic mass is 10.1. The molecule has 2 atom stereocenters. The Morgan fingerprint density at radius 3 is 2.63 bits per heavy atom. The van der Waals surface area contributed by atoms with Crippen molar-refractivity contribution in [3.63, 3.8) is 0 Å². The van der Waals surface area contributed by atoms with Crippen LogP contribution in [0.3, 0.4) is 0 Å². The smallest absolute Gasteiger partial charge is 0.378 e. The van der Waals surface area contributed by atoms with Crippen LogP contribution in [0.1, 0.15) is 25.3 Å². The molecular formula is C18H24F3N3O3. The van der Waals surface area contributed by atoms with Crippen LogP contribution < -0.4 is 15.5 Å². The number of anilines is 2. The van der Waals surface area contributed by atoms with Crippen molar-refractivity contribution in [3.8, 4) is 0 Å². The zero-order chi connectivity index (χ0) is 19.4. The Hall–Kier alpha value is -2.00. The minimum absolute atomic E-state index is 0.110. The molecule has 0 aromatic heterocycles. The Balaban J connectivity index is 1.72. The monoisotopic (exact) mass is 387 g/mol. The van der Waals surface area contributed by atoms with E-state index >= 15 is 0 Å². The van der Waals surface area contributed by atoms with Gasteiger partial charge in [0.1, 0.15) is 0 Å². The number of rotatable bonds is 4. The first-order valence-electron chi connectivity index (χ1n) is 9.07. The van der Waals surface area contributed by atoms with E-state index in [1.807, 2.05) is 4.90 Å². The molecule has 150 valence electrons. The van der Waals surface area contributed by atoms with Crippen molar-refractivity contribution in [1.29, 1.82) is 0 Å². The summed E-state index contributed by atoms with van der Waals surface area (Å²) < 4.78 is 51.3. The maximum absolute atomic E-state index is 13.5. The van der Waals surface area contributed by atoms with Gasteiger partial charge in [0.25, 0.3) is 0 Å². The number of benzene rings is 1. The Labute approximate surface area is 156 Å². The third kappa shape index (κ3) is 5.04. The predicted octanol–water partition coefficient (Wildman–Crippen LogP) is 3.23. The molecule has 27 heavy (non-hydrogen) atoms. The van der Waals surface area contributed by atoms with Crippen LogP contribution >= 0.6 is 0 Å². The maximum Gasteiger partial charge on any atom is 0.418 e. The van der Waals surface area contributed by atoms with E-state index in [0.29, 0.717) is 38.6 Å². The van der Waals surface area contributed by atoms with Crippen LogP contribution in [0, 0.1) is 0 Å². The van der Waals surface area contributed by atoms with Gasteiger partial charge in [-0.25, -0.2) is 4.79 Å². The summed E-state index contributed by atoms with van der Waals surface area (Å²) in [7, 11) is 0. The molecule has 2 aliphatic rings. The van der Waals surface area contributed by atoms with E-state index < -0.39 is 17.8 Å². The van der Waals surface area contributed by atoms with Crippen molar-refractivity contribution in [2.45, 2.75) is 38.1 Å². The number of nitrogens with zero attached hydrogens (tertiary/aromatic N) is 1. The van der Waals surface area contributed by atoms with Gasteiger partial charge in [-0.1, -0.05) is 0 Å². The molecule has 0 bridgehead atoms. The lowest BCUT2D eigenvalue weighted by molar-refractivity contribution is -0.136. The van der Waals surface area contributed by atoms with Gasteiger partial charge in [-0.05, 0) is 38.0 Å². The molecule has 1 aromatic rings. The van der Waals surface area contributed by atoms with Crippen molar-refractivity contribution in [3.05, 3.63) is 23.8 Å². The zero-order valence-corrected chi connectivity index (χ0v) is 15.1. The molecule has 0 unspecified atom stereocenters. The number of morpholine rings is 1. The minimum Gasteiger partial charge on any atom is -0.378 e. The van der Waals surface area contributed by atoms with Crippen molar-refractivity contribution in [1.82, 2.24) is 5.32 Å². The highest BCUT2D eigenvalue weighted by Gasteiger charge is 2.35. The molecule has 2 N–H and O–H groups in total. The number of nitrogens with one attached hydrogen (secondary N) is 2. The van der Waals surface area contributed by atoms with E-state index in [1.165, 1.54) is 6.07 Å². The molecule has 2 fully saturated rings. The third-order valence-corrected chi connectivity index (χ3v) is 4.81. The van der Waals surface area contributed by atoms with E-state index in [9.17, 15) is 18.0 Å². The van der Waals surface area contributed by atoms with Crippen LogP contribution in [0.2, 0.25) is 0 Å². The first kappa shape index (κ1) is 19.8. The standard InChI is InChI=1S/C18H24F3N3O3/c1-12(16-3-2-8-27-16)22-17(25)23-15-5-4-13(11-14(15)18(19,20)21)24-6-9-26-10-7-24/h4-5,11-12,16H,2-3,6-10H2,1H3,(H2,22,23,25)/t12-,16+/m0/s1. The van der Waals surface area contributed by atoms with Gasteiger partial charge in [-0.15, -0.1) is 0 Å². The van der Waals surface area contributed by atoms with E-state index in [-0.39, 0.29) is 17.8 Å². The molecule has 3 rings (SSSR count). The largest absolute Gasteiger partial charge is 0.418 e. The van der Waals surface area contributed by atoms with Crippen molar-refractivity contribution in [2.24, 2.45) is 0 Å². The summed E-state index contributed by atoms with van der Waals surface area (Å²) >= 11 is 0. The molecule has 2 amide bonds. The second kappa shape index (κ2) is 8.35. The zero-order valence-electron chi connectivity index (χ0n) is 15.1. The van der Waals surface area contributed by atoms with Crippen LogP contribution in [0.5, 0.6) is 0 Å². The van der Waals surface area contributed by atoms with Gasteiger partial charge in [-0.3, -0.25) is 0 Å². The van der Waals surface area contributed by atoms with Crippen molar-refractivity contribution in [2.75, 3.05) is 43.1 Å². The second-order valence-corrected chi connectivity index (χ2v) is 6.77. The summed E-state index contributed by atoms with van der Waals surface area (Å²) in [4.78, 5) is 14.0. The molecular weight excluding hydrogens is 363 g/mol. The average molecular weight is 387 g/mol.